The van der Waals surface area contributed by atoms with Gasteiger partial charge in [-0.1, -0.05) is 31.5 Å². The summed E-state index contributed by atoms with van der Waals surface area (Å²) in [6, 6.07) is 11.7. The maximum atomic E-state index is 13.5. The van der Waals surface area contributed by atoms with E-state index in [9.17, 15) is 23.7 Å². The topological polar surface area (TPSA) is 117 Å². The van der Waals surface area contributed by atoms with Crippen LogP contribution in [-0.4, -0.2) is 61.5 Å². The average molecular weight is 466 g/mol. The Morgan fingerprint density at radius 3 is 2.22 bits per heavy atom. The molecule has 3 rings (SSSR count). The Balaban J connectivity index is 1.79. The molecule has 4 atom stereocenters. The van der Waals surface area contributed by atoms with Gasteiger partial charge in [0.15, 0.2) is 6.29 Å². The fraction of sp³-hybridized carbons (Fsp3) is 0.478. The second-order valence-electron chi connectivity index (χ2n) is 8.55. The standard InChI is InChI=1S/C23H31NO7S/c1-14(2)12-24(19-10-5-15(3)11-16(19)4)32(28,29)18-8-6-17(7-9-18)30-13-20-21(25)22(26)23(27)31-20/h5-11,14,20-23,25-27H,12-13H2,1-4H3/t20?,21-,22-,23?/m1/s1. The quantitative estimate of drug-likeness (QED) is 0.546. The predicted molar refractivity (Wildman–Crippen MR) is 120 cm³/mol. The largest absolute Gasteiger partial charge is 0.491 e. The lowest BCUT2D eigenvalue weighted by molar-refractivity contribution is -0.131. The monoisotopic (exact) mass is 465 g/mol. The van der Waals surface area contributed by atoms with E-state index >= 15 is 0 Å². The van der Waals surface area contributed by atoms with Crippen LogP contribution in [0.5, 0.6) is 5.75 Å². The molecule has 1 aliphatic heterocycles. The molecule has 0 aromatic heterocycles. The van der Waals surface area contributed by atoms with Crippen molar-refractivity contribution in [3.63, 3.8) is 0 Å². The molecule has 1 saturated heterocycles. The van der Waals surface area contributed by atoms with E-state index in [1.165, 1.54) is 28.6 Å². The number of aliphatic hydroxyl groups excluding tert-OH is 3. The highest BCUT2D eigenvalue weighted by Gasteiger charge is 2.42. The van der Waals surface area contributed by atoms with Crippen molar-refractivity contribution in [2.45, 2.75) is 57.2 Å². The first-order chi connectivity index (χ1) is 15.0. The highest BCUT2D eigenvalue weighted by Crippen LogP contribution is 2.29. The van der Waals surface area contributed by atoms with Gasteiger partial charge in [-0.05, 0) is 55.7 Å². The van der Waals surface area contributed by atoms with Crippen molar-refractivity contribution in [1.29, 1.82) is 0 Å². The average Bonchev–Trinajstić information content (AvgIpc) is 2.98. The van der Waals surface area contributed by atoms with Crippen LogP contribution < -0.4 is 9.04 Å². The highest BCUT2D eigenvalue weighted by molar-refractivity contribution is 7.92. The zero-order valence-corrected chi connectivity index (χ0v) is 19.5. The molecule has 32 heavy (non-hydrogen) atoms. The Morgan fingerprint density at radius 2 is 1.69 bits per heavy atom. The van der Waals surface area contributed by atoms with Crippen LogP contribution in [0.2, 0.25) is 0 Å². The summed E-state index contributed by atoms with van der Waals surface area (Å²) in [5.41, 5.74) is 2.59. The molecule has 8 nitrogen and oxygen atoms in total. The Bertz CT molecular complexity index is 1020. The molecule has 2 aromatic carbocycles. The molecule has 1 heterocycles. The van der Waals surface area contributed by atoms with Crippen LogP contribution in [-0.2, 0) is 14.8 Å². The molecule has 0 bridgehead atoms. The summed E-state index contributed by atoms with van der Waals surface area (Å²) in [5.74, 6) is 0.495. The number of sulfonamides is 1. The van der Waals surface area contributed by atoms with Crippen molar-refractivity contribution >= 4 is 15.7 Å². The molecule has 0 amide bonds. The number of nitrogens with zero attached hydrogens (tertiary/aromatic N) is 1. The number of rotatable bonds is 8. The Kier molecular flexibility index (Phi) is 7.46. The lowest BCUT2D eigenvalue weighted by Crippen LogP contribution is -2.35. The number of hydrogen-bond acceptors (Lipinski definition) is 7. The van der Waals surface area contributed by atoms with Gasteiger partial charge in [-0.15, -0.1) is 0 Å². The van der Waals surface area contributed by atoms with Gasteiger partial charge >= 0.3 is 0 Å². The molecule has 0 saturated carbocycles. The van der Waals surface area contributed by atoms with E-state index in [0.29, 0.717) is 18.0 Å². The second-order valence-corrected chi connectivity index (χ2v) is 10.4. The maximum absolute atomic E-state index is 13.5. The first kappa shape index (κ1) is 24.5. The SMILES string of the molecule is Cc1ccc(N(CC(C)C)S(=O)(=O)c2ccc(OCC3OC(O)[C@H](O)[C@@H]3O)cc2)c(C)c1. The predicted octanol–water partition coefficient (Wildman–Crippen LogP) is 1.97. The van der Waals surface area contributed by atoms with Gasteiger partial charge in [0.2, 0.25) is 0 Å². The summed E-state index contributed by atoms with van der Waals surface area (Å²) >= 11 is 0. The van der Waals surface area contributed by atoms with Gasteiger partial charge in [-0.3, -0.25) is 4.31 Å². The summed E-state index contributed by atoms with van der Waals surface area (Å²) < 4.78 is 39.0. The van der Waals surface area contributed by atoms with Crippen LogP contribution in [0.4, 0.5) is 5.69 Å². The van der Waals surface area contributed by atoms with Gasteiger partial charge in [-0.2, -0.15) is 0 Å². The van der Waals surface area contributed by atoms with Crippen molar-refractivity contribution in [1.82, 2.24) is 0 Å². The number of aliphatic hydroxyl groups is 3. The van der Waals surface area contributed by atoms with E-state index in [4.69, 9.17) is 9.47 Å². The lowest BCUT2D eigenvalue weighted by Gasteiger charge is -2.28. The summed E-state index contributed by atoms with van der Waals surface area (Å²) in [7, 11) is -3.81. The van der Waals surface area contributed by atoms with Crippen molar-refractivity contribution in [3.05, 3.63) is 53.6 Å². The number of benzene rings is 2. The third-order valence-electron chi connectivity index (χ3n) is 5.32. The summed E-state index contributed by atoms with van der Waals surface area (Å²) in [5, 5.41) is 28.8. The second kappa shape index (κ2) is 9.76. The Labute approximate surface area is 189 Å². The molecule has 1 aliphatic rings. The highest BCUT2D eigenvalue weighted by atomic mass is 32.2. The fourth-order valence-corrected chi connectivity index (χ4v) is 5.32. The van der Waals surface area contributed by atoms with E-state index in [1.807, 2.05) is 45.9 Å². The van der Waals surface area contributed by atoms with Crippen molar-refractivity contribution in [3.8, 4) is 5.75 Å². The number of anilines is 1. The lowest BCUT2D eigenvalue weighted by atomic mass is 10.1. The molecular weight excluding hydrogens is 434 g/mol. The van der Waals surface area contributed by atoms with Crippen molar-refractivity contribution < 1.29 is 33.2 Å². The number of aryl methyl sites for hydroxylation is 2. The molecule has 0 aliphatic carbocycles. The van der Waals surface area contributed by atoms with E-state index in [2.05, 4.69) is 0 Å². The minimum absolute atomic E-state index is 0.108. The normalized spacial score (nSPS) is 23.5. The minimum Gasteiger partial charge on any atom is -0.491 e. The molecule has 3 N–H and O–H groups in total. The minimum atomic E-state index is -3.81. The van der Waals surface area contributed by atoms with Crippen molar-refractivity contribution in [2.75, 3.05) is 17.5 Å². The van der Waals surface area contributed by atoms with Gasteiger partial charge in [0.1, 0.15) is 30.7 Å². The van der Waals surface area contributed by atoms with Crippen LogP contribution in [0.3, 0.4) is 0 Å². The van der Waals surface area contributed by atoms with Crippen LogP contribution in [0, 0.1) is 19.8 Å². The molecule has 0 spiro atoms. The van der Waals surface area contributed by atoms with E-state index in [0.717, 1.165) is 11.1 Å². The molecule has 176 valence electrons. The fourth-order valence-electron chi connectivity index (χ4n) is 3.62. The molecular formula is C23H31NO7S. The first-order valence-corrected chi connectivity index (χ1v) is 12.0. The zero-order valence-electron chi connectivity index (χ0n) is 18.7. The van der Waals surface area contributed by atoms with Crippen molar-refractivity contribution in [2.24, 2.45) is 5.92 Å². The first-order valence-electron chi connectivity index (χ1n) is 10.5. The van der Waals surface area contributed by atoms with E-state index < -0.39 is 34.6 Å². The van der Waals surface area contributed by atoms with Gasteiger partial charge in [0.05, 0.1) is 10.6 Å². The van der Waals surface area contributed by atoms with Gasteiger partial charge in [0.25, 0.3) is 10.0 Å². The number of hydrogen-bond donors (Lipinski definition) is 3. The maximum Gasteiger partial charge on any atom is 0.264 e. The van der Waals surface area contributed by atoms with Gasteiger partial charge < -0.3 is 24.8 Å². The number of ether oxygens (including phenoxy) is 2. The third-order valence-corrected chi connectivity index (χ3v) is 7.11. The summed E-state index contributed by atoms with van der Waals surface area (Å²) in [6.45, 7) is 8.03. The van der Waals surface area contributed by atoms with Gasteiger partial charge in [0, 0.05) is 6.54 Å². The molecule has 0 radical (unpaired) electrons. The zero-order chi connectivity index (χ0) is 23.6. The Hall–Kier alpha value is -2.17. The summed E-state index contributed by atoms with van der Waals surface area (Å²) in [4.78, 5) is 0.133. The van der Waals surface area contributed by atoms with Crippen LogP contribution in [0.15, 0.2) is 47.4 Å². The van der Waals surface area contributed by atoms with Crippen LogP contribution >= 0.6 is 0 Å². The van der Waals surface area contributed by atoms with Gasteiger partial charge in [-0.25, -0.2) is 8.42 Å². The molecule has 2 aromatic rings. The van der Waals surface area contributed by atoms with Crippen LogP contribution in [0.1, 0.15) is 25.0 Å². The van der Waals surface area contributed by atoms with E-state index in [-0.39, 0.29) is 17.4 Å². The third kappa shape index (κ3) is 5.24. The Morgan fingerprint density at radius 1 is 1.03 bits per heavy atom. The summed E-state index contributed by atoms with van der Waals surface area (Å²) in [6.07, 6.45) is -5.03. The van der Waals surface area contributed by atoms with Crippen LogP contribution in [0.25, 0.3) is 0 Å². The molecule has 2 unspecified atom stereocenters. The van der Waals surface area contributed by atoms with E-state index in [1.54, 1.807) is 0 Å². The smallest absolute Gasteiger partial charge is 0.264 e. The molecule has 1 fully saturated rings. The molecule has 9 heteroatoms.